The van der Waals surface area contributed by atoms with E-state index >= 15 is 0 Å². The smallest absolute Gasteiger partial charge is 0.381 e. The average molecular weight is 627 g/mol. The number of pyridine rings is 1. The fourth-order valence-corrected chi connectivity index (χ4v) is 4.89. The van der Waals surface area contributed by atoms with Crippen molar-refractivity contribution in [2.75, 3.05) is 13.2 Å². The van der Waals surface area contributed by atoms with Crippen molar-refractivity contribution >= 4 is 28.6 Å². The fourth-order valence-electron chi connectivity index (χ4n) is 4.44. The molecule has 1 fully saturated rings. The molecule has 37 heavy (non-hydrogen) atoms. The zero-order valence-electron chi connectivity index (χ0n) is 19.8. The zero-order chi connectivity index (χ0) is 26.5. The van der Waals surface area contributed by atoms with Gasteiger partial charge in [-0.3, -0.25) is 4.98 Å². The summed E-state index contributed by atoms with van der Waals surface area (Å²) >= 11 is 2.18. The lowest BCUT2D eigenvalue weighted by molar-refractivity contribution is -0.137. The lowest BCUT2D eigenvalue weighted by atomic mass is 9.79. The number of alkyl halides is 4. The van der Waals surface area contributed by atoms with Crippen LogP contribution in [0, 0.1) is 5.82 Å². The second-order valence-electron chi connectivity index (χ2n) is 8.96. The first kappa shape index (κ1) is 27.3. The van der Waals surface area contributed by atoms with Crippen molar-refractivity contribution in [3.8, 4) is 0 Å². The molecule has 0 aliphatic carbocycles. The van der Waals surface area contributed by atoms with E-state index in [1.54, 1.807) is 42.6 Å². The molecule has 1 atom stereocenters. The number of urea groups is 1. The number of nitrogens with zero attached hydrogens (tertiary/aromatic N) is 1. The number of carbonyl (C=O) groups excluding carboxylic acids is 1. The van der Waals surface area contributed by atoms with Crippen LogP contribution in [0.25, 0.3) is 0 Å². The molecule has 1 aliphatic heterocycles. The van der Waals surface area contributed by atoms with Crippen LogP contribution >= 0.6 is 22.6 Å². The molecule has 10 heteroatoms. The van der Waals surface area contributed by atoms with Gasteiger partial charge in [-0.2, -0.15) is 13.2 Å². The second-order valence-corrected chi connectivity index (χ2v) is 9.73. The fraction of sp³-hybridized carbons (Fsp3) is 0.333. The Morgan fingerprint density at radius 2 is 1.70 bits per heavy atom. The van der Waals surface area contributed by atoms with Crippen LogP contribution in [0.5, 0.6) is 0 Å². The lowest BCUT2D eigenvalue weighted by Gasteiger charge is -2.36. The van der Waals surface area contributed by atoms with Crippen molar-refractivity contribution in [3.05, 3.63) is 101 Å². The molecule has 5 nitrogen and oxygen atoms in total. The van der Waals surface area contributed by atoms with Crippen molar-refractivity contribution in [1.29, 1.82) is 0 Å². The van der Waals surface area contributed by atoms with E-state index in [0.29, 0.717) is 42.2 Å². The first-order valence-electron chi connectivity index (χ1n) is 11.8. The van der Waals surface area contributed by atoms with E-state index in [-0.39, 0.29) is 18.0 Å². The molecule has 2 N–H and O–H groups in total. The number of hydrogen-bond acceptors (Lipinski definition) is 3. The Morgan fingerprint density at radius 3 is 2.32 bits per heavy atom. The van der Waals surface area contributed by atoms with Crippen LogP contribution in [0.15, 0.2) is 66.9 Å². The molecule has 0 radical (unpaired) electrons. The molecule has 196 valence electrons. The van der Waals surface area contributed by atoms with E-state index < -0.39 is 29.1 Å². The van der Waals surface area contributed by atoms with E-state index in [1.165, 1.54) is 0 Å². The third-order valence-electron chi connectivity index (χ3n) is 6.33. The zero-order valence-corrected chi connectivity index (χ0v) is 22.0. The van der Waals surface area contributed by atoms with Crippen LogP contribution in [-0.2, 0) is 27.3 Å². The van der Waals surface area contributed by atoms with Crippen molar-refractivity contribution in [2.24, 2.45) is 0 Å². The highest BCUT2D eigenvalue weighted by atomic mass is 127. The third kappa shape index (κ3) is 6.78. The summed E-state index contributed by atoms with van der Waals surface area (Å²) in [6.07, 6.45) is -1.89. The summed E-state index contributed by atoms with van der Waals surface area (Å²) in [7, 11) is 0. The number of ether oxygens (including phenoxy) is 1. The van der Waals surface area contributed by atoms with Gasteiger partial charge in [0.1, 0.15) is 11.4 Å². The molecule has 2 amide bonds. The number of carbonyl (C=O) groups is 1. The van der Waals surface area contributed by atoms with Crippen LogP contribution in [0.2, 0.25) is 0 Å². The first-order chi connectivity index (χ1) is 17.7. The summed E-state index contributed by atoms with van der Waals surface area (Å²) in [5, 5.41) is 5.82. The Hall–Kier alpha value is -2.73. The van der Waals surface area contributed by atoms with Gasteiger partial charge in [0.2, 0.25) is 0 Å². The number of amides is 2. The Bertz CT molecular complexity index is 1200. The molecule has 0 saturated carbocycles. The van der Waals surface area contributed by atoms with Gasteiger partial charge in [0, 0.05) is 36.3 Å². The van der Waals surface area contributed by atoms with Gasteiger partial charge in [0.05, 0.1) is 11.3 Å². The van der Waals surface area contributed by atoms with Gasteiger partial charge in [0.25, 0.3) is 0 Å². The molecule has 0 bridgehead atoms. The van der Waals surface area contributed by atoms with E-state index in [2.05, 4.69) is 38.2 Å². The van der Waals surface area contributed by atoms with E-state index in [0.717, 1.165) is 23.3 Å². The van der Waals surface area contributed by atoms with E-state index in [4.69, 9.17) is 4.74 Å². The van der Waals surface area contributed by atoms with Gasteiger partial charge in [-0.05, 0) is 53.8 Å². The van der Waals surface area contributed by atoms with E-state index in [1.807, 2.05) is 6.07 Å². The summed E-state index contributed by atoms with van der Waals surface area (Å²) in [4.78, 5) is 17.9. The summed E-state index contributed by atoms with van der Waals surface area (Å²) in [5.41, 5.74) is -0.865. The van der Waals surface area contributed by atoms with Crippen LogP contribution in [-0.4, -0.2) is 30.3 Å². The number of benzene rings is 2. The highest BCUT2D eigenvalue weighted by Gasteiger charge is 2.41. The summed E-state index contributed by atoms with van der Waals surface area (Å²) in [6.45, 7) is 0.997. The Balaban J connectivity index is 1.87. The largest absolute Gasteiger partial charge is 0.416 e. The van der Waals surface area contributed by atoms with Gasteiger partial charge in [-0.15, -0.1) is 0 Å². The molecule has 2 heterocycles. The summed E-state index contributed by atoms with van der Waals surface area (Å²) < 4.78 is 62.0. The third-order valence-corrected chi connectivity index (χ3v) is 7.21. The Morgan fingerprint density at radius 1 is 1.00 bits per heavy atom. The molecule has 2 aromatic carbocycles. The summed E-state index contributed by atoms with van der Waals surface area (Å²) in [5.74, 6) is -1.06. The number of hydrogen-bond donors (Lipinski definition) is 2. The van der Waals surface area contributed by atoms with Crippen molar-refractivity contribution < 1.29 is 27.1 Å². The maximum atomic E-state index is 14.7. The van der Waals surface area contributed by atoms with Crippen molar-refractivity contribution in [1.82, 2.24) is 15.6 Å². The number of nitrogens with one attached hydrogen (secondary N) is 2. The molecule has 3 aromatic rings. The quantitative estimate of drug-likeness (QED) is 0.188. The van der Waals surface area contributed by atoms with Crippen molar-refractivity contribution in [2.45, 2.75) is 41.4 Å². The number of halogens is 5. The van der Waals surface area contributed by atoms with Crippen LogP contribution in [0.3, 0.4) is 0 Å². The molecule has 1 aromatic heterocycles. The average Bonchev–Trinajstić information content (AvgIpc) is 2.88. The molecule has 1 aliphatic rings. The molecule has 0 spiro atoms. The minimum Gasteiger partial charge on any atom is -0.381 e. The predicted molar refractivity (Wildman–Crippen MR) is 140 cm³/mol. The number of rotatable bonds is 7. The molecular weight excluding hydrogens is 601 g/mol. The Kier molecular flexibility index (Phi) is 8.68. The minimum atomic E-state index is -4.78. The molecule has 0 unspecified atom stereocenters. The second kappa shape index (κ2) is 11.8. The van der Waals surface area contributed by atoms with Crippen LogP contribution < -0.4 is 10.6 Å². The lowest BCUT2D eigenvalue weighted by Crippen LogP contribution is -2.55. The maximum Gasteiger partial charge on any atom is 0.416 e. The molecule has 1 saturated heterocycles. The highest BCUT2D eigenvalue weighted by molar-refractivity contribution is 14.1. The van der Waals surface area contributed by atoms with E-state index in [9.17, 15) is 22.4 Å². The molecule has 4 rings (SSSR count). The standard InChI is InChI=1S/C27H26F4IN3O2/c28-22-13-20(12-21(14-22)27(29,30)31)26(15-18-4-2-1-3-5-18,24-7-6-19(16-32)17-33-24)35-25(36)34-23-8-10-37-11-9-23/h1-7,12-14,17,23H,8-11,15-16H2,(H2,34,35,36)/t26-/m0/s1. The maximum absolute atomic E-state index is 14.7. The Labute approximate surface area is 226 Å². The van der Waals surface area contributed by atoms with Gasteiger partial charge in [0.15, 0.2) is 0 Å². The van der Waals surface area contributed by atoms with Crippen LogP contribution in [0.4, 0.5) is 22.4 Å². The first-order valence-corrected chi connectivity index (χ1v) is 13.3. The van der Waals surface area contributed by atoms with Crippen molar-refractivity contribution in [3.63, 3.8) is 0 Å². The van der Waals surface area contributed by atoms with Gasteiger partial charge in [-0.25, -0.2) is 9.18 Å². The van der Waals surface area contributed by atoms with Gasteiger partial charge < -0.3 is 15.4 Å². The SMILES string of the molecule is O=C(NC1CCOCC1)N[C@@](Cc1ccccc1)(c1cc(F)cc(C(F)(F)F)c1)c1ccc(CI)cn1. The topological polar surface area (TPSA) is 63.2 Å². The normalized spacial score (nSPS) is 16.1. The molecular formula is C27H26F4IN3O2. The monoisotopic (exact) mass is 627 g/mol. The summed E-state index contributed by atoms with van der Waals surface area (Å²) in [6, 6.07) is 14.1. The highest BCUT2D eigenvalue weighted by Crippen LogP contribution is 2.37. The minimum absolute atomic E-state index is 0.0480. The predicted octanol–water partition coefficient (Wildman–Crippen LogP) is 6.14. The van der Waals surface area contributed by atoms with Gasteiger partial charge >= 0.3 is 12.2 Å². The van der Waals surface area contributed by atoms with Crippen LogP contribution in [0.1, 0.15) is 40.8 Å². The van der Waals surface area contributed by atoms with Gasteiger partial charge in [-0.1, -0.05) is 59.0 Å². The number of aromatic nitrogens is 1.